The zero-order chi connectivity index (χ0) is 23.9. The van der Waals surface area contributed by atoms with Crippen LogP contribution >= 0.6 is 0 Å². The van der Waals surface area contributed by atoms with Gasteiger partial charge in [-0.15, -0.1) is 0 Å². The zero-order valence-corrected chi connectivity index (χ0v) is 19.4. The van der Waals surface area contributed by atoms with Crippen LogP contribution in [-0.2, 0) is 26.2 Å². The van der Waals surface area contributed by atoms with E-state index in [0.29, 0.717) is 23.6 Å². The number of nitrogens with zero attached hydrogens (tertiary/aromatic N) is 2. The molecule has 1 atom stereocenters. The third-order valence-electron chi connectivity index (χ3n) is 4.79. The number of nitrogens with one attached hydrogen (secondary N) is 1. The van der Waals surface area contributed by atoms with E-state index in [1.165, 1.54) is 36.2 Å². The number of sulfonamides is 1. The number of rotatable bonds is 10. The Morgan fingerprint density at radius 1 is 1.09 bits per heavy atom. The maximum Gasteiger partial charge on any atom is 0.244 e. The van der Waals surface area contributed by atoms with E-state index < -0.39 is 40.2 Å². The topological polar surface area (TPSA) is 96.0 Å². The minimum Gasteiger partial charge on any atom is -0.494 e. The summed E-state index contributed by atoms with van der Waals surface area (Å²) >= 11 is 0. The molecule has 2 rings (SSSR count). The van der Waals surface area contributed by atoms with Crippen LogP contribution in [0.5, 0.6) is 5.75 Å². The lowest BCUT2D eigenvalue weighted by molar-refractivity contribution is -0.139. The van der Waals surface area contributed by atoms with E-state index in [0.717, 1.165) is 10.6 Å². The summed E-state index contributed by atoms with van der Waals surface area (Å²) in [6, 6.07) is 11.0. The number of likely N-dealkylation sites (N-methyl/N-ethyl adjacent to an activating group) is 1. The van der Waals surface area contributed by atoms with Crippen LogP contribution in [0.2, 0.25) is 0 Å². The highest BCUT2D eigenvalue weighted by atomic mass is 32.2. The van der Waals surface area contributed by atoms with E-state index in [-0.39, 0.29) is 6.54 Å². The van der Waals surface area contributed by atoms with Gasteiger partial charge in [0.25, 0.3) is 0 Å². The van der Waals surface area contributed by atoms with Crippen molar-refractivity contribution in [3.05, 3.63) is 59.9 Å². The van der Waals surface area contributed by atoms with Gasteiger partial charge >= 0.3 is 0 Å². The monoisotopic (exact) mass is 465 g/mol. The number of benzene rings is 2. The zero-order valence-electron chi connectivity index (χ0n) is 18.5. The van der Waals surface area contributed by atoms with Gasteiger partial charge in [0, 0.05) is 13.6 Å². The molecule has 2 amide bonds. The molecule has 2 aromatic carbocycles. The summed E-state index contributed by atoms with van der Waals surface area (Å²) in [6.45, 7) is 3.34. The average Bonchev–Trinajstić information content (AvgIpc) is 2.76. The number of halogens is 1. The summed E-state index contributed by atoms with van der Waals surface area (Å²) in [6.07, 6.45) is 1.00. The molecule has 1 N–H and O–H groups in total. The second-order valence-electron chi connectivity index (χ2n) is 7.13. The summed E-state index contributed by atoms with van der Waals surface area (Å²) in [7, 11) is -2.36. The molecule has 32 heavy (non-hydrogen) atoms. The van der Waals surface area contributed by atoms with Gasteiger partial charge < -0.3 is 15.0 Å². The first-order valence-corrected chi connectivity index (χ1v) is 11.9. The van der Waals surface area contributed by atoms with Gasteiger partial charge in [0.2, 0.25) is 21.8 Å². The van der Waals surface area contributed by atoms with Crippen LogP contribution in [0.25, 0.3) is 0 Å². The van der Waals surface area contributed by atoms with Crippen LogP contribution in [0, 0.1) is 5.82 Å². The van der Waals surface area contributed by atoms with Crippen molar-refractivity contribution >= 4 is 27.5 Å². The Hall–Kier alpha value is -3.14. The molecule has 10 heteroatoms. The van der Waals surface area contributed by atoms with Gasteiger partial charge in [-0.05, 0) is 55.8 Å². The van der Waals surface area contributed by atoms with Crippen LogP contribution in [0.4, 0.5) is 10.1 Å². The molecule has 0 heterocycles. The number of carbonyl (C=O) groups is 2. The first kappa shape index (κ1) is 25.1. The predicted molar refractivity (Wildman–Crippen MR) is 120 cm³/mol. The Labute approximate surface area is 188 Å². The highest BCUT2D eigenvalue weighted by Gasteiger charge is 2.29. The molecule has 0 aliphatic rings. The quantitative estimate of drug-likeness (QED) is 0.580. The van der Waals surface area contributed by atoms with Gasteiger partial charge in [0.1, 0.15) is 24.2 Å². The SMILES string of the molecule is CCOc1ccc(N(CC(=O)N(Cc2ccc(F)cc2)C(C)C(=O)NC)S(C)(=O)=O)cc1. The molecule has 0 fully saturated rings. The fourth-order valence-electron chi connectivity index (χ4n) is 3.07. The van der Waals surface area contributed by atoms with E-state index >= 15 is 0 Å². The lowest BCUT2D eigenvalue weighted by atomic mass is 10.1. The van der Waals surface area contributed by atoms with Crippen molar-refractivity contribution in [2.45, 2.75) is 26.4 Å². The average molecular weight is 466 g/mol. The summed E-state index contributed by atoms with van der Waals surface area (Å²) in [5.41, 5.74) is 0.890. The van der Waals surface area contributed by atoms with E-state index in [1.54, 1.807) is 31.2 Å². The highest BCUT2D eigenvalue weighted by Crippen LogP contribution is 2.22. The van der Waals surface area contributed by atoms with Gasteiger partial charge in [-0.2, -0.15) is 0 Å². The molecule has 1 unspecified atom stereocenters. The van der Waals surface area contributed by atoms with Gasteiger partial charge in [0.05, 0.1) is 18.6 Å². The lowest BCUT2D eigenvalue weighted by Gasteiger charge is -2.31. The van der Waals surface area contributed by atoms with Crippen LogP contribution in [0.1, 0.15) is 19.4 Å². The van der Waals surface area contributed by atoms with Gasteiger partial charge in [0.15, 0.2) is 0 Å². The van der Waals surface area contributed by atoms with E-state index in [1.807, 2.05) is 6.92 Å². The van der Waals surface area contributed by atoms with Crippen LogP contribution in [0.15, 0.2) is 48.5 Å². The largest absolute Gasteiger partial charge is 0.494 e. The fourth-order valence-corrected chi connectivity index (χ4v) is 3.92. The highest BCUT2D eigenvalue weighted by molar-refractivity contribution is 7.92. The van der Waals surface area contributed by atoms with Crippen molar-refractivity contribution < 1.29 is 27.1 Å². The Kier molecular flexibility index (Phi) is 8.59. The number of anilines is 1. The molecule has 0 spiro atoms. The normalized spacial score (nSPS) is 12.0. The first-order chi connectivity index (χ1) is 15.1. The number of amides is 2. The third kappa shape index (κ3) is 6.68. The minimum atomic E-state index is -3.81. The van der Waals surface area contributed by atoms with E-state index in [9.17, 15) is 22.4 Å². The van der Waals surface area contributed by atoms with Crippen molar-refractivity contribution in [3.8, 4) is 5.75 Å². The van der Waals surface area contributed by atoms with E-state index in [2.05, 4.69) is 5.32 Å². The maximum absolute atomic E-state index is 13.3. The second kappa shape index (κ2) is 10.9. The summed E-state index contributed by atoms with van der Waals surface area (Å²) in [4.78, 5) is 26.7. The van der Waals surface area contributed by atoms with Crippen molar-refractivity contribution in [2.24, 2.45) is 0 Å². The molecular weight excluding hydrogens is 437 g/mol. The van der Waals surface area contributed by atoms with Crippen LogP contribution in [-0.4, -0.2) is 57.6 Å². The number of hydrogen-bond donors (Lipinski definition) is 1. The summed E-state index contributed by atoms with van der Waals surface area (Å²) in [5.74, 6) is -0.843. The number of carbonyl (C=O) groups excluding carboxylic acids is 2. The van der Waals surface area contributed by atoms with Crippen molar-refractivity contribution in [3.63, 3.8) is 0 Å². The minimum absolute atomic E-state index is 0.00851. The molecule has 174 valence electrons. The molecular formula is C22H28FN3O5S. The fraction of sp³-hybridized carbons (Fsp3) is 0.364. The molecule has 2 aromatic rings. The number of hydrogen-bond acceptors (Lipinski definition) is 5. The van der Waals surface area contributed by atoms with Gasteiger partial charge in [-0.3, -0.25) is 13.9 Å². The Morgan fingerprint density at radius 3 is 2.19 bits per heavy atom. The smallest absolute Gasteiger partial charge is 0.244 e. The van der Waals surface area contributed by atoms with Gasteiger partial charge in [-0.25, -0.2) is 12.8 Å². The number of ether oxygens (including phenoxy) is 1. The predicted octanol–water partition coefficient (Wildman–Crippen LogP) is 2.15. The van der Waals surface area contributed by atoms with Gasteiger partial charge in [-0.1, -0.05) is 12.1 Å². The molecule has 0 aliphatic carbocycles. The van der Waals surface area contributed by atoms with Crippen LogP contribution in [0.3, 0.4) is 0 Å². The molecule has 0 aromatic heterocycles. The first-order valence-electron chi connectivity index (χ1n) is 10.0. The van der Waals surface area contributed by atoms with Crippen molar-refractivity contribution in [1.82, 2.24) is 10.2 Å². The maximum atomic E-state index is 13.3. The molecule has 0 radical (unpaired) electrons. The Morgan fingerprint density at radius 2 is 1.69 bits per heavy atom. The second-order valence-corrected chi connectivity index (χ2v) is 9.04. The molecule has 0 saturated heterocycles. The lowest BCUT2D eigenvalue weighted by Crippen LogP contribution is -2.50. The molecule has 0 bridgehead atoms. The Balaban J connectivity index is 2.34. The Bertz CT molecular complexity index is 1030. The molecule has 8 nitrogen and oxygen atoms in total. The van der Waals surface area contributed by atoms with Crippen LogP contribution < -0.4 is 14.4 Å². The van der Waals surface area contributed by atoms with Crippen molar-refractivity contribution in [1.29, 1.82) is 0 Å². The third-order valence-corrected chi connectivity index (χ3v) is 5.94. The van der Waals surface area contributed by atoms with E-state index in [4.69, 9.17) is 4.74 Å². The molecule has 0 saturated carbocycles. The standard InChI is InChI=1S/C22H28FN3O5S/c1-5-31-20-12-10-19(11-13-20)26(32(4,29)30)15-21(27)25(16(2)22(28)24-3)14-17-6-8-18(23)9-7-17/h6-13,16H,5,14-15H2,1-4H3,(H,24,28). The summed E-state index contributed by atoms with van der Waals surface area (Å²) in [5, 5.41) is 2.49. The summed E-state index contributed by atoms with van der Waals surface area (Å²) < 4.78 is 44.5. The van der Waals surface area contributed by atoms with Crippen molar-refractivity contribution in [2.75, 3.05) is 30.8 Å². The molecule has 0 aliphatic heterocycles.